The van der Waals surface area contributed by atoms with Gasteiger partial charge in [-0.2, -0.15) is 13.2 Å². The molecule has 30 heavy (non-hydrogen) atoms. The van der Waals surface area contributed by atoms with E-state index in [4.69, 9.17) is 4.74 Å². The highest BCUT2D eigenvalue weighted by atomic mass is 19.4. The van der Waals surface area contributed by atoms with E-state index in [2.05, 4.69) is 17.6 Å². The molecule has 0 aromatic heterocycles. The van der Waals surface area contributed by atoms with Gasteiger partial charge in [-0.05, 0) is 38.0 Å². The third-order valence-corrected chi connectivity index (χ3v) is 6.79. The number of rotatable bonds is 3. The smallest absolute Gasteiger partial charge is 0.386 e. The second kappa shape index (κ2) is 7.70. The topological polar surface area (TPSA) is 97.2 Å². The molecule has 7 nitrogen and oxygen atoms in total. The van der Waals surface area contributed by atoms with E-state index < -0.39 is 41.9 Å². The number of aliphatic hydroxyl groups is 3. The molecule has 1 aromatic carbocycles. The van der Waals surface area contributed by atoms with Gasteiger partial charge in [0, 0.05) is 25.2 Å². The Bertz CT molecular complexity index is 761. The maximum atomic E-state index is 12.8. The average Bonchev–Trinajstić information content (AvgIpc) is 3.21. The Morgan fingerprint density at radius 3 is 2.53 bits per heavy atom. The van der Waals surface area contributed by atoms with Crippen LogP contribution in [0, 0.1) is 5.92 Å². The van der Waals surface area contributed by atoms with Crippen LogP contribution in [0.5, 0.6) is 0 Å². The first-order valence-electron chi connectivity index (χ1n) is 10.2. The number of alkyl halides is 3. The fraction of sp³-hybridized carbons (Fsp3) is 0.700. The first-order chi connectivity index (χ1) is 14.0. The van der Waals surface area contributed by atoms with Crippen LogP contribution in [0.3, 0.4) is 0 Å². The van der Waals surface area contributed by atoms with Crippen LogP contribution >= 0.6 is 0 Å². The van der Waals surface area contributed by atoms with Crippen molar-refractivity contribution in [3.8, 4) is 0 Å². The summed E-state index contributed by atoms with van der Waals surface area (Å²) in [5, 5.41) is 39.3. The van der Waals surface area contributed by atoms with E-state index in [0.717, 1.165) is 30.7 Å². The summed E-state index contributed by atoms with van der Waals surface area (Å²) in [4.78, 5) is 1.96. The number of nitrogens with zero attached hydrogens (tertiary/aromatic N) is 1. The second-order valence-electron chi connectivity index (χ2n) is 8.69. The minimum Gasteiger partial charge on any atom is -0.386 e. The predicted octanol–water partition coefficient (Wildman–Crippen LogP) is 0.762. The molecule has 3 aliphatic heterocycles. The third kappa shape index (κ3) is 3.64. The summed E-state index contributed by atoms with van der Waals surface area (Å²) in [5.74, 6) is 0.304. The molecular formula is C20H28F3N3O4. The Balaban J connectivity index is 1.53. The van der Waals surface area contributed by atoms with Crippen molar-refractivity contribution in [3.63, 3.8) is 0 Å². The normalized spacial score (nSPS) is 41.1. The van der Waals surface area contributed by atoms with Crippen LogP contribution in [0.2, 0.25) is 0 Å². The molecule has 3 aliphatic rings. The lowest BCUT2D eigenvalue weighted by Crippen LogP contribution is -2.62. The standard InChI is InChI=1S/C20H28F3N3O4/c1-10-13-7-8-26(17(13)25-9-24-10)18-15(28)19(2,29)16(30-18)14(27)11-3-5-12(6-4-11)20(21,22)23/h3-6,10,13-18,24-25,27-29H,7-9H2,1-2H3/t10?,13?,14-,15+,16-,17?,18-,19+/m1/s1. The number of halogens is 3. The fourth-order valence-electron chi connectivity index (χ4n) is 4.91. The quantitative estimate of drug-likeness (QED) is 0.482. The van der Waals surface area contributed by atoms with Crippen LogP contribution in [-0.4, -0.2) is 69.7 Å². The SMILES string of the molecule is CC1NCNC2C1CCN2[C@@H]1O[C@H]([C@H](O)c2ccc(C(F)(F)F)cc2)[C@@](C)(O)[C@H]1O. The molecule has 168 valence electrons. The minimum absolute atomic E-state index is 0.0429. The molecule has 0 radical (unpaired) electrons. The number of likely N-dealkylation sites (tertiary alicyclic amines) is 1. The van der Waals surface area contributed by atoms with Crippen molar-refractivity contribution in [2.75, 3.05) is 13.2 Å². The predicted molar refractivity (Wildman–Crippen MR) is 101 cm³/mol. The van der Waals surface area contributed by atoms with Crippen molar-refractivity contribution >= 4 is 0 Å². The van der Waals surface area contributed by atoms with Gasteiger partial charge in [-0.15, -0.1) is 0 Å². The number of hydrogen-bond acceptors (Lipinski definition) is 7. The van der Waals surface area contributed by atoms with E-state index in [1.807, 2.05) is 4.90 Å². The molecule has 5 N–H and O–H groups in total. The Kier molecular flexibility index (Phi) is 5.63. The van der Waals surface area contributed by atoms with Crippen LogP contribution in [0.25, 0.3) is 0 Å². The molecule has 0 saturated carbocycles. The molecule has 3 unspecified atom stereocenters. The van der Waals surface area contributed by atoms with E-state index in [1.54, 1.807) is 0 Å². The van der Waals surface area contributed by atoms with Gasteiger partial charge < -0.3 is 25.4 Å². The first kappa shape index (κ1) is 21.9. The Morgan fingerprint density at radius 1 is 1.23 bits per heavy atom. The summed E-state index contributed by atoms with van der Waals surface area (Å²) in [6.45, 7) is 4.73. The Labute approximate surface area is 172 Å². The second-order valence-corrected chi connectivity index (χ2v) is 8.69. The largest absolute Gasteiger partial charge is 0.416 e. The van der Waals surface area contributed by atoms with Crippen LogP contribution < -0.4 is 10.6 Å². The molecule has 0 amide bonds. The molecule has 3 saturated heterocycles. The van der Waals surface area contributed by atoms with E-state index in [9.17, 15) is 28.5 Å². The number of benzene rings is 1. The van der Waals surface area contributed by atoms with Gasteiger partial charge in [-0.3, -0.25) is 10.2 Å². The highest BCUT2D eigenvalue weighted by Gasteiger charge is 2.58. The van der Waals surface area contributed by atoms with Gasteiger partial charge in [0.05, 0.1) is 11.7 Å². The van der Waals surface area contributed by atoms with Crippen LogP contribution in [0.1, 0.15) is 37.5 Å². The Morgan fingerprint density at radius 2 is 1.90 bits per heavy atom. The van der Waals surface area contributed by atoms with Crippen LogP contribution in [-0.2, 0) is 10.9 Å². The summed E-state index contributed by atoms with van der Waals surface area (Å²) >= 11 is 0. The van der Waals surface area contributed by atoms with Gasteiger partial charge in [0.1, 0.15) is 30.1 Å². The van der Waals surface area contributed by atoms with Gasteiger partial charge in [0.15, 0.2) is 0 Å². The van der Waals surface area contributed by atoms with Crippen molar-refractivity contribution in [1.29, 1.82) is 0 Å². The minimum atomic E-state index is -4.48. The fourth-order valence-corrected chi connectivity index (χ4v) is 4.91. The maximum absolute atomic E-state index is 12.8. The van der Waals surface area contributed by atoms with Crippen molar-refractivity contribution in [1.82, 2.24) is 15.5 Å². The Hall–Kier alpha value is -1.27. The molecule has 1 aromatic rings. The lowest BCUT2D eigenvalue weighted by molar-refractivity contribution is -0.138. The molecule has 0 bridgehead atoms. The van der Waals surface area contributed by atoms with Gasteiger partial charge in [0.25, 0.3) is 0 Å². The lowest BCUT2D eigenvalue weighted by Gasteiger charge is -2.40. The number of nitrogens with one attached hydrogen (secondary N) is 2. The van der Waals surface area contributed by atoms with Crippen molar-refractivity contribution in [2.45, 2.75) is 68.8 Å². The molecule has 4 rings (SSSR count). The summed E-state index contributed by atoms with van der Waals surface area (Å²) in [6, 6.07) is 4.36. The number of fused-ring (bicyclic) bond motifs is 1. The molecule has 10 heteroatoms. The zero-order valence-corrected chi connectivity index (χ0v) is 16.8. The summed E-state index contributed by atoms with van der Waals surface area (Å²) in [7, 11) is 0. The first-order valence-corrected chi connectivity index (χ1v) is 10.2. The van der Waals surface area contributed by atoms with Gasteiger partial charge in [-0.25, -0.2) is 0 Å². The summed E-state index contributed by atoms with van der Waals surface area (Å²) < 4.78 is 44.4. The van der Waals surface area contributed by atoms with Crippen LogP contribution in [0.15, 0.2) is 24.3 Å². The monoisotopic (exact) mass is 431 g/mol. The number of ether oxygens (including phenoxy) is 1. The summed E-state index contributed by atoms with van der Waals surface area (Å²) in [5.41, 5.74) is -2.44. The van der Waals surface area contributed by atoms with E-state index in [0.29, 0.717) is 19.1 Å². The van der Waals surface area contributed by atoms with Crippen molar-refractivity contribution < 1.29 is 33.2 Å². The van der Waals surface area contributed by atoms with Crippen LogP contribution in [0.4, 0.5) is 13.2 Å². The van der Waals surface area contributed by atoms with Gasteiger partial charge >= 0.3 is 6.18 Å². The number of aliphatic hydroxyl groups excluding tert-OH is 2. The molecule has 3 heterocycles. The number of hydrogen-bond donors (Lipinski definition) is 5. The highest BCUT2D eigenvalue weighted by molar-refractivity contribution is 5.27. The van der Waals surface area contributed by atoms with Crippen molar-refractivity contribution in [3.05, 3.63) is 35.4 Å². The average molecular weight is 431 g/mol. The molecule has 3 fully saturated rings. The van der Waals surface area contributed by atoms with Crippen molar-refractivity contribution in [2.24, 2.45) is 5.92 Å². The van der Waals surface area contributed by atoms with E-state index >= 15 is 0 Å². The van der Waals surface area contributed by atoms with Gasteiger partial charge in [0.2, 0.25) is 0 Å². The third-order valence-electron chi connectivity index (χ3n) is 6.79. The molecule has 0 aliphatic carbocycles. The maximum Gasteiger partial charge on any atom is 0.416 e. The summed E-state index contributed by atoms with van der Waals surface area (Å²) in [6.07, 6.45) is -8.39. The molecular weight excluding hydrogens is 403 g/mol. The lowest BCUT2D eigenvalue weighted by atomic mass is 9.88. The van der Waals surface area contributed by atoms with E-state index in [-0.39, 0.29) is 17.8 Å². The molecule has 0 spiro atoms. The zero-order chi connectivity index (χ0) is 21.8. The highest BCUT2D eigenvalue weighted by Crippen LogP contribution is 2.42. The zero-order valence-electron chi connectivity index (χ0n) is 16.8. The molecule has 8 atom stereocenters. The van der Waals surface area contributed by atoms with E-state index in [1.165, 1.54) is 6.92 Å². The van der Waals surface area contributed by atoms with Gasteiger partial charge in [-0.1, -0.05) is 12.1 Å².